The van der Waals surface area contributed by atoms with Crippen molar-refractivity contribution in [3.8, 4) is 0 Å². The number of ether oxygens (including phenoxy) is 2. The Balaban J connectivity index is 1.78. The summed E-state index contributed by atoms with van der Waals surface area (Å²) in [5, 5.41) is 0.491. The molecule has 160 valence electrons. The van der Waals surface area contributed by atoms with Crippen LogP contribution in [0.25, 0.3) is 0 Å². The van der Waals surface area contributed by atoms with Crippen molar-refractivity contribution in [3.05, 3.63) is 64.2 Å². The normalized spacial score (nSPS) is 16.1. The second-order valence-corrected chi connectivity index (χ2v) is 9.26. The van der Waals surface area contributed by atoms with E-state index >= 15 is 0 Å². The summed E-state index contributed by atoms with van der Waals surface area (Å²) in [4.78, 5) is 25.1. The molecule has 30 heavy (non-hydrogen) atoms. The lowest BCUT2D eigenvalue weighted by Crippen LogP contribution is -2.40. The predicted octanol–water partition coefficient (Wildman–Crippen LogP) is 3.10. The molecule has 1 aliphatic heterocycles. The zero-order chi connectivity index (χ0) is 21.9. The van der Waals surface area contributed by atoms with E-state index < -0.39 is 22.1 Å². The number of esters is 1. The van der Waals surface area contributed by atoms with Crippen molar-refractivity contribution in [1.82, 2.24) is 4.31 Å². The van der Waals surface area contributed by atoms with E-state index in [4.69, 9.17) is 21.1 Å². The Morgan fingerprint density at radius 2 is 1.67 bits per heavy atom. The molecule has 0 aliphatic carbocycles. The van der Waals surface area contributed by atoms with Gasteiger partial charge in [-0.05, 0) is 55.8 Å². The number of hydrogen-bond acceptors (Lipinski definition) is 6. The van der Waals surface area contributed by atoms with Crippen LogP contribution in [0.1, 0.15) is 33.2 Å². The number of carbonyl (C=O) groups is 2. The van der Waals surface area contributed by atoms with Crippen LogP contribution < -0.4 is 0 Å². The zero-order valence-corrected chi connectivity index (χ0v) is 18.2. The van der Waals surface area contributed by atoms with Crippen molar-refractivity contribution < 1.29 is 27.5 Å². The molecule has 1 atom stereocenters. The van der Waals surface area contributed by atoms with Gasteiger partial charge in [0.1, 0.15) is 0 Å². The molecule has 0 spiro atoms. The molecule has 1 aliphatic rings. The van der Waals surface area contributed by atoms with Crippen molar-refractivity contribution in [1.29, 1.82) is 0 Å². The van der Waals surface area contributed by atoms with Gasteiger partial charge in [0, 0.05) is 23.7 Å². The molecule has 2 aromatic carbocycles. The molecule has 3 rings (SSSR count). The molecule has 1 heterocycles. The van der Waals surface area contributed by atoms with Gasteiger partial charge in [-0.2, -0.15) is 4.31 Å². The van der Waals surface area contributed by atoms with E-state index in [9.17, 15) is 18.0 Å². The van der Waals surface area contributed by atoms with Crippen molar-refractivity contribution in [3.63, 3.8) is 0 Å². The highest BCUT2D eigenvalue weighted by Crippen LogP contribution is 2.23. The number of nitrogens with zero attached hydrogens (tertiary/aromatic N) is 1. The maximum absolute atomic E-state index is 13.0. The summed E-state index contributed by atoms with van der Waals surface area (Å²) in [6, 6.07) is 10.6. The van der Waals surface area contributed by atoms with E-state index in [0.29, 0.717) is 29.4 Å². The fourth-order valence-corrected chi connectivity index (χ4v) is 4.85. The molecule has 1 unspecified atom stereocenters. The van der Waals surface area contributed by atoms with E-state index in [1.54, 1.807) is 37.3 Å². The summed E-state index contributed by atoms with van der Waals surface area (Å²) < 4.78 is 37.8. The van der Waals surface area contributed by atoms with Gasteiger partial charge in [0.25, 0.3) is 0 Å². The molecule has 9 heteroatoms. The number of Topliss-reactive ketones (excluding diaryl/α,β-unsaturated/α-hetero) is 1. The van der Waals surface area contributed by atoms with Gasteiger partial charge in [-0.25, -0.2) is 13.2 Å². The lowest BCUT2D eigenvalue weighted by atomic mass is 10.1. The van der Waals surface area contributed by atoms with Gasteiger partial charge in [-0.3, -0.25) is 4.79 Å². The Labute approximate surface area is 180 Å². The lowest BCUT2D eigenvalue weighted by molar-refractivity contribution is 0.0318. The molecule has 0 aromatic heterocycles. The standard InChI is InChI=1S/C21H22ClNO6S/c1-14-3-4-17(13-19(14)30(26,27)23-9-11-28-12-10-23)21(25)29-15(2)20(24)16-5-7-18(22)8-6-16/h3-8,13,15H,9-12H2,1-2H3. The zero-order valence-electron chi connectivity index (χ0n) is 16.6. The SMILES string of the molecule is Cc1ccc(C(=O)OC(C)C(=O)c2ccc(Cl)cc2)cc1S(=O)(=O)N1CCOCC1. The van der Waals surface area contributed by atoms with Crippen molar-refractivity contribution >= 4 is 33.4 Å². The Kier molecular flexibility index (Phi) is 6.92. The number of halogens is 1. The summed E-state index contributed by atoms with van der Waals surface area (Å²) in [6.45, 7) is 4.28. The lowest BCUT2D eigenvalue weighted by Gasteiger charge is -2.26. The highest BCUT2D eigenvalue weighted by atomic mass is 35.5. The molecule has 2 aromatic rings. The van der Waals surface area contributed by atoms with Crippen LogP contribution in [0.5, 0.6) is 0 Å². The number of aryl methyl sites for hydroxylation is 1. The number of sulfonamides is 1. The number of rotatable bonds is 6. The summed E-state index contributed by atoms with van der Waals surface area (Å²) in [5.74, 6) is -1.16. The van der Waals surface area contributed by atoms with E-state index in [0.717, 1.165) is 0 Å². The maximum Gasteiger partial charge on any atom is 0.338 e. The quantitative estimate of drug-likeness (QED) is 0.495. The van der Waals surface area contributed by atoms with Crippen molar-refractivity contribution in [2.24, 2.45) is 0 Å². The summed E-state index contributed by atoms with van der Waals surface area (Å²) in [6.07, 6.45) is -1.04. The summed E-state index contributed by atoms with van der Waals surface area (Å²) in [5.41, 5.74) is 0.936. The third-order valence-electron chi connectivity index (χ3n) is 4.79. The molecule has 7 nitrogen and oxygen atoms in total. The molecule has 0 bridgehead atoms. The minimum atomic E-state index is -3.77. The average molecular weight is 452 g/mol. The van der Waals surface area contributed by atoms with Gasteiger partial charge in [-0.1, -0.05) is 17.7 Å². The highest BCUT2D eigenvalue weighted by Gasteiger charge is 2.29. The second-order valence-electron chi connectivity index (χ2n) is 6.92. The van der Waals surface area contributed by atoms with Gasteiger partial charge in [0.15, 0.2) is 6.10 Å². The largest absolute Gasteiger partial charge is 0.451 e. The first-order valence-corrected chi connectivity index (χ1v) is 11.2. The third-order valence-corrected chi connectivity index (χ3v) is 7.09. The fraction of sp³-hybridized carbons (Fsp3) is 0.333. The molecule has 1 saturated heterocycles. The van der Waals surface area contributed by atoms with Crippen LogP contribution in [0.2, 0.25) is 5.02 Å². The second kappa shape index (κ2) is 9.26. The predicted molar refractivity (Wildman–Crippen MR) is 111 cm³/mol. The van der Waals surface area contributed by atoms with Crippen LogP contribution in [0.4, 0.5) is 0 Å². The van der Waals surface area contributed by atoms with Crippen LogP contribution in [0.3, 0.4) is 0 Å². The fourth-order valence-electron chi connectivity index (χ4n) is 3.06. The molecule has 0 saturated carbocycles. The van der Waals surface area contributed by atoms with Crippen molar-refractivity contribution in [2.75, 3.05) is 26.3 Å². The maximum atomic E-state index is 13.0. The monoisotopic (exact) mass is 451 g/mol. The molecule has 0 amide bonds. The topological polar surface area (TPSA) is 90.0 Å². The number of carbonyl (C=O) groups excluding carboxylic acids is 2. The van der Waals surface area contributed by atoms with Gasteiger partial charge in [0.2, 0.25) is 15.8 Å². The number of hydrogen-bond donors (Lipinski definition) is 0. The summed E-state index contributed by atoms with van der Waals surface area (Å²) in [7, 11) is -3.77. The van der Waals surface area contributed by atoms with Crippen LogP contribution in [-0.4, -0.2) is 56.9 Å². The van der Waals surface area contributed by atoms with E-state index in [2.05, 4.69) is 0 Å². The van der Waals surface area contributed by atoms with Gasteiger partial charge in [0.05, 0.1) is 23.7 Å². The summed E-state index contributed by atoms with van der Waals surface area (Å²) >= 11 is 5.82. The van der Waals surface area contributed by atoms with Crippen molar-refractivity contribution in [2.45, 2.75) is 24.8 Å². The van der Waals surface area contributed by atoms with E-state index in [1.165, 1.54) is 23.4 Å². The van der Waals surface area contributed by atoms with Crippen LogP contribution in [0, 0.1) is 6.92 Å². The smallest absolute Gasteiger partial charge is 0.338 e. The van der Waals surface area contributed by atoms with Gasteiger partial charge < -0.3 is 9.47 Å². The molecular weight excluding hydrogens is 430 g/mol. The Morgan fingerprint density at radius 1 is 1.07 bits per heavy atom. The van der Waals surface area contributed by atoms with Gasteiger partial charge in [-0.15, -0.1) is 0 Å². The Morgan fingerprint density at radius 3 is 2.30 bits per heavy atom. The molecule has 1 fully saturated rings. The number of ketones is 1. The van der Waals surface area contributed by atoms with Crippen LogP contribution >= 0.6 is 11.6 Å². The first kappa shape index (κ1) is 22.4. The first-order valence-electron chi connectivity index (χ1n) is 9.39. The van der Waals surface area contributed by atoms with E-state index in [1.807, 2.05) is 0 Å². The number of benzene rings is 2. The van der Waals surface area contributed by atoms with Crippen LogP contribution in [0.15, 0.2) is 47.4 Å². The minimum absolute atomic E-state index is 0.0375. The van der Waals surface area contributed by atoms with E-state index in [-0.39, 0.29) is 29.3 Å². The first-order chi connectivity index (χ1) is 14.2. The minimum Gasteiger partial charge on any atom is -0.451 e. The van der Waals surface area contributed by atoms with Gasteiger partial charge >= 0.3 is 5.97 Å². The van der Waals surface area contributed by atoms with Crippen LogP contribution in [-0.2, 0) is 19.5 Å². The average Bonchev–Trinajstić information content (AvgIpc) is 2.74. The molecule has 0 radical (unpaired) electrons. The third kappa shape index (κ3) is 4.89. The number of morpholine rings is 1. The Bertz CT molecular complexity index is 1050. The Hall–Kier alpha value is -2.26. The molecular formula is C21H22ClNO6S. The highest BCUT2D eigenvalue weighted by molar-refractivity contribution is 7.89. The molecule has 0 N–H and O–H groups in total.